The zero-order valence-electron chi connectivity index (χ0n) is 13.6. The molecule has 0 radical (unpaired) electrons. The summed E-state index contributed by atoms with van der Waals surface area (Å²) >= 11 is 6.02. The van der Waals surface area contributed by atoms with Gasteiger partial charge in [0.2, 0.25) is 0 Å². The Morgan fingerprint density at radius 1 is 1.18 bits per heavy atom. The lowest BCUT2D eigenvalue weighted by atomic mass is 10.2. The quantitative estimate of drug-likeness (QED) is 0.797. The van der Waals surface area contributed by atoms with Crippen molar-refractivity contribution in [3.05, 3.63) is 34.9 Å². The summed E-state index contributed by atoms with van der Waals surface area (Å²) in [5, 5.41) is 0.779. The molecule has 1 aliphatic heterocycles. The minimum Gasteiger partial charge on any atom is -0.459 e. The Kier molecular flexibility index (Phi) is 5.84. The predicted molar refractivity (Wildman–Crippen MR) is 89.0 cm³/mol. The first-order chi connectivity index (χ1) is 10.3. The third-order valence-electron chi connectivity index (χ3n) is 3.53. The van der Waals surface area contributed by atoms with E-state index in [9.17, 15) is 4.79 Å². The Bertz CT molecular complexity index is 506. The van der Waals surface area contributed by atoms with Gasteiger partial charge in [-0.15, -0.1) is 0 Å². The van der Waals surface area contributed by atoms with Crippen molar-refractivity contribution in [3.63, 3.8) is 0 Å². The molecule has 0 aromatic heterocycles. The predicted octanol–water partition coefficient (Wildman–Crippen LogP) is 2.80. The highest BCUT2D eigenvalue weighted by Crippen LogP contribution is 2.14. The normalized spacial score (nSPS) is 17.5. The van der Waals surface area contributed by atoms with E-state index in [0.29, 0.717) is 6.54 Å². The van der Waals surface area contributed by atoms with Crippen LogP contribution in [-0.2, 0) is 16.1 Å². The molecule has 0 amide bonds. The van der Waals surface area contributed by atoms with E-state index >= 15 is 0 Å². The number of halogens is 1. The summed E-state index contributed by atoms with van der Waals surface area (Å²) in [7, 11) is 0. The smallest absolute Gasteiger partial charge is 0.320 e. The highest BCUT2D eigenvalue weighted by Gasteiger charge is 2.22. The lowest BCUT2D eigenvalue weighted by Crippen LogP contribution is -2.48. The van der Waals surface area contributed by atoms with Gasteiger partial charge in [0, 0.05) is 37.7 Å². The average molecular weight is 325 g/mol. The van der Waals surface area contributed by atoms with Crippen LogP contribution in [0.5, 0.6) is 0 Å². The van der Waals surface area contributed by atoms with Gasteiger partial charge in [-0.1, -0.05) is 23.7 Å². The zero-order valence-corrected chi connectivity index (χ0v) is 14.4. The third kappa shape index (κ3) is 5.95. The van der Waals surface area contributed by atoms with Gasteiger partial charge in [0.25, 0.3) is 0 Å². The Morgan fingerprint density at radius 2 is 1.82 bits per heavy atom. The highest BCUT2D eigenvalue weighted by atomic mass is 35.5. The van der Waals surface area contributed by atoms with Crippen molar-refractivity contribution < 1.29 is 9.53 Å². The topological polar surface area (TPSA) is 32.8 Å². The number of carbonyl (C=O) groups is 1. The van der Waals surface area contributed by atoms with Gasteiger partial charge in [-0.05, 0) is 38.5 Å². The Labute approximate surface area is 138 Å². The fraction of sp³-hybridized carbons (Fsp3) is 0.588. The van der Waals surface area contributed by atoms with Gasteiger partial charge in [0.1, 0.15) is 5.60 Å². The molecular weight excluding hydrogens is 300 g/mol. The lowest BCUT2D eigenvalue weighted by Gasteiger charge is -2.34. The maximum Gasteiger partial charge on any atom is 0.320 e. The summed E-state index contributed by atoms with van der Waals surface area (Å²) in [6, 6.07) is 7.98. The molecule has 122 valence electrons. The second-order valence-corrected chi connectivity index (χ2v) is 7.21. The molecule has 0 bridgehead atoms. The van der Waals surface area contributed by atoms with E-state index in [4.69, 9.17) is 16.3 Å². The van der Waals surface area contributed by atoms with Crippen molar-refractivity contribution in [3.8, 4) is 0 Å². The van der Waals surface area contributed by atoms with Crippen LogP contribution in [-0.4, -0.2) is 54.1 Å². The van der Waals surface area contributed by atoms with E-state index in [0.717, 1.165) is 37.7 Å². The highest BCUT2D eigenvalue weighted by molar-refractivity contribution is 6.30. The van der Waals surface area contributed by atoms with E-state index in [-0.39, 0.29) is 5.97 Å². The molecule has 0 spiro atoms. The molecule has 1 heterocycles. The Hall–Kier alpha value is -1.10. The molecule has 0 atom stereocenters. The Balaban J connectivity index is 1.75. The minimum absolute atomic E-state index is 0.143. The summed E-state index contributed by atoms with van der Waals surface area (Å²) < 4.78 is 5.37. The van der Waals surface area contributed by atoms with Crippen molar-refractivity contribution in [1.82, 2.24) is 9.80 Å². The summed E-state index contributed by atoms with van der Waals surface area (Å²) in [6.07, 6.45) is 0. The maximum absolute atomic E-state index is 11.8. The number of esters is 1. The molecule has 1 aromatic carbocycles. The van der Waals surface area contributed by atoms with Crippen molar-refractivity contribution >= 4 is 17.6 Å². The van der Waals surface area contributed by atoms with E-state index in [1.165, 1.54) is 5.56 Å². The van der Waals surface area contributed by atoms with Gasteiger partial charge in [-0.25, -0.2) is 0 Å². The molecule has 5 heteroatoms. The van der Waals surface area contributed by atoms with E-state index in [1.807, 2.05) is 39.0 Å². The maximum atomic E-state index is 11.8. The number of piperazine rings is 1. The second kappa shape index (κ2) is 7.44. The number of rotatable bonds is 4. The molecule has 1 saturated heterocycles. The standard InChI is InChI=1S/C17H25ClN2O2/c1-17(2,3)22-16(21)13-20-9-7-19(8-10-20)12-14-5-4-6-15(18)11-14/h4-6,11H,7-10,12-13H2,1-3H3. The second-order valence-electron chi connectivity index (χ2n) is 6.77. The van der Waals surface area contributed by atoms with Crippen molar-refractivity contribution in [1.29, 1.82) is 0 Å². The summed E-state index contributed by atoms with van der Waals surface area (Å²) in [5.41, 5.74) is 0.818. The van der Waals surface area contributed by atoms with E-state index < -0.39 is 5.60 Å². The van der Waals surface area contributed by atoms with Crippen LogP contribution in [0, 0.1) is 0 Å². The minimum atomic E-state index is -0.411. The molecule has 1 aliphatic rings. The summed E-state index contributed by atoms with van der Waals surface area (Å²) in [5.74, 6) is -0.143. The van der Waals surface area contributed by atoms with Crippen LogP contribution in [0.25, 0.3) is 0 Å². The van der Waals surface area contributed by atoms with E-state index in [2.05, 4.69) is 15.9 Å². The summed E-state index contributed by atoms with van der Waals surface area (Å²) in [6.45, 7) is 10.7. The summed E-state index contributed by atoms with van der Waals surface area (Å²) in [4.78, 5) is 16.4. The largest absolute Gasteiger partial charge is 0.459 e. The number of benzene rings is 1. The van der Waals surface area contributed by atoms with Crippen LogP contribution in [0.3, 0.4) is 0 Å². The van der Waals surface area contributed by atoms with Gasteiger partial charge >= 0.3 is 5.97 Å². The number of nitrogens with zero attached hydrogens (tertiary/aromatic N) is 2. The Morgan fingerprint density at radius 3 is 2.41 bits per heavy atom. The molecular formula is C17H25ClN2O2. The van der Waals surface area contributed by atoms with Crippen LogP contribution in [0.15, 0.2) is 24.3 Å². The molecule has 0 saturated carbocycles. The zero-order chi connectivity index (χ0) is 16.2. The number of ether oxygens (including phenoxy) is 1. The monoisotopic (exact) mass is 324 g/mol. The number of hydrogen-bond acceptors (Lipinski definition) is 4. The van der Waals surface area contributed by atoms with Crippen molar-refractivity contribution in [2.75, 3.05) is 32.7 Å². The van der Waals surface area contributed by atoms with Crippen LogP contribution in [0.4, 0.5) is 0 Å². The number of carbonyl (C=O) groups excluding carboxylic acids is 1. The molecule has 0 unspecified atom stereocenters. The van der Waals surface area contributed by atoms with Crippen LogP contribution >= 0.6 is 11.6 Å². The molecule has 0 N–H and O–H groups in total. The molecule has 22 heavy (non-hydrogen) atoms. The van der Waals surface area contributed by atoms with Crippen molar-refractivity contribution in [2.45, 2.75) is 32.9 Å². The van der Waals surface area contributed by atoms with Crippen LogP contribution in [0.2, 0.25) is 5.02 Å². The molecule has 4 nitrogen and oxygen atoms in total. The first-order valence-electron chi connectivity index (χ1n) is 7.73. The number of hydrogen-bond donors (Lipinski definition) is 0. The van der Waals surface area contributed by atoms with Gasteiger partial charge in [-0.3, -0.25) is 14.6 Å². The van der Waals surface area contributed by atoms with Gasteiger partial charge in [0.15, 0.2) is 0 Å². The molecule has 2 rings (SSSR count). The van der Waals surface area contributed by atoms with E-state index in [1.54, 1.807) is 0 Å². The first kappa shape index (κ1) is 17.3. The van der Waals surface area contributed by atoms with Gasteiger partial charge in [-0.2, -0.15) is 0 Å². The van der Waals surface area contributed by atoms with Gasteiger partial charge in [0.05, 0.1) is 6.54 Å². The molecule has 0 aliphatic carbocycles. The SMILES string of the molecule is CC(C)(C)OC(=O)CN1CCN(Cc2cccc(Cl)c2)CC1. The average Bonchev–Trinajstić information content (AvgIpc) is 2.39. The molecule has 1 fully saturated rings. The van der Waals surface area contributed by atoms with Crippen LogP contribution < -0.4 is 0 Å². The van der Waals surface area contributed by atoms with Crippen LogP contribution in [0.1, 0.15) is 26.3 Å². The fourth-order valence-electron chi connectivity index (χ4n) is 2.56. The van der Waals surface area contributed by atoms with Gasteiger partial charge < -0.3 is 4.74 Å². The third-order valence-corrected chi connectivity index (χ3v) is 3.77. The molecule has 1 aromatic rings. The first-order valence-corrected chi connectivity index (χ1v) is 8.11. The lowest BCUT2D eigenvalue weighted by molar-refractivity contribution is -0.156. The van der Waals surface area contributed by atoms with Crippen molar-refractivity contribution in [2.24, 2.45) is 0 Å². The fourth-order valence-corrected chi connectivity index (χ4v) is 2.77.